The number of nitrogens with zero attached hydrogens (tertiary/aromatic N) is 2. The second-order valence-electron chi connectivity index (χ2n) is 4.94. The first-order valence-corrected chi connectivity index (χ1v) is 9.78. The fourth-order valence-electron chi connectivity index (χ4n) is 1.87. The van der Waals surface area contributed by atoms with Crippen molar-refractivity contribution in [3.8, 4) is 5.75 Å². The molecule has 0 unspecified atom stereocenters. The first-order chi connectivity index (χ1) is 12.0. The monoisotopic (exact) mass is 442 g/mol. The standard InChI is InChI=1S/C16H12BrFN2O3S2/c1-9(22-11-4-2-10(18)3-5-11)15-19-20-16(23-15)24-8-12(21)13-6-7-14(17)25-13/h2-7,9H,8H2,1H3/t9-/m0/s1. The number of carbonyl (C=O) groups is 1. The molecule has 0 saturated carbocycles. The highest BCUT2D eigenvalue weighted by Crippen LogP contribution is 2.27. The van der Waals surface area contributed by atoms with E-state index >= 15 is 0 Å². The number of ketones is 1. The summed E-state index contributed by atoms with van der Waals surface area (Å²) in [6.07, 6.45) is -0.490. The van der Waals surface area contributed by atoms with E-state index < -0.39 is 6.10 Å². The van der Waals surface area contributed by atoms with E-state index in [0.29, 0.717) is 15.8 Å². The molecule has 0 spiro atoms. The lowest BCUT2D eigenvalue weighted by atomic mass is 10.3. The van der Waals surface area contributed by atoms with Gasteiger partial charge in [0.2, 0.25) is 0 Å². The molecule has 0 bridgehead atoms. The third kappa shape index (κ3) is 4.90. The first-order valence-electron chi connectivity index (χ1n) is 7.18. The molecule has 3 aromatic rings. The quantitative estimate of drug-likeness (QED) is 0.372. The van der Waals surface area contributed by atoms with Crippen molar-refractivity contribution in [2.75, 3.05) is 5.75 Å². The minimum absolute atomic E-state index is 0.00365. The van der Waals surface area contributed by atoms with Crippen molar-refractivity contribution in [3.05, 3.63) is 56.8 Å². The Bertz CT molecular complexity index is 866. The molecular formula is C16H12BrFN2O3S2. The predicted molar refractivity (Wildman–Crippen MR) is 96.8 cm³/mol. The van der Waals surface area contributed by atoms with Gasteiger partial charge in [0.1, 0.15) is 11.6 Å². The Morgan fingerprint density at radius 2 is 2.08 bits per heavy atom. The highest BCUT2D eigenvalue weighted by atomic mass is 79.9. The van der Waals surface area contributed by atoms with Crippen LogP contribution in [0.2, 0.25) is 0 Å². The molecule has 0 aliphatic heterocycles. The number of halogens is 2. The number of ether oxygens (including phenoxy) is 1. The number of benzene rings is 1. The fourth-order valence-corrected chi connectivity index (χ4v) is 3.94. The number of hydrogen-bond acceptors (Lipinski definition) is 7. The van der Waals surface area contributed by atoms with Crippen LogP contribution in [-0.2, 0) is 0 Å². The molecular weight excluding hydrogens is 431 g/mol. The highest BCUT2D eigenvalue weighted by Gasteiger charge is 2.17. The van der Waals surface area contributed by atoms with Crippen molar-refractivity contribution in [1.29, 1.82) is 0 Å². The maximum atomic E-state index is 12.9. The SMILES string of the molecule is C[C@H](Oc1ccc(F)cc1)c1nnc(SCC(=O)c2ccc(Br)s2)o1. The second-order valence-corrected chi connectivity index (χ2v) is 8.33. The van der Waals surface area contributed by atoms with Crippen LogP contribution in [-0.4, -0.2) is 21.7 Å². The molecule has 5 nitrogen and oxygen atoms in total. The van der Waals surface area contributed by atoms with Crippen LogP contribution in [0.5, 0.6) is 5.75 Å². The van der Waals surface area contributed by atoms with Crippen LogP contribution in [0.1, 0.15) is 28.6 Å². The fraction of sp³-hybridized carbons (Fsp3) is 0.188. The summed E-state index contributed by atoms with van der Waals surface area (Å²) in [4.78, 5) is 12.7. The third-order valence-electron chi connectivity index (χ3n) is 3.07. The number of thiophene rings is 1. The molecule has 0 saturated heterocycles. The summed E-state index contributed by atoms with van der Waals surface area (Å²) in [6.45, 7) is 1.75. The Labute approximate surface area is 159 Å². The van der Waals surface area contributed by atoms with E-state index in [2.05, 4.69) is 26.1 Å². The summed E-state index contributed by atoms with van der Waals surface area (Å²) in [5.41, 5.74) is 0. The van der Waals surface area contributed by atoms with Crippen LogP contribution in [0.4, 0.5) is 4.39 Å². The molecule has 0 radical (unpaired) electrons. The summed E-state index contributed by atoms with van der Waals surface area (Å²) in [5, 5.41) is 8.14. The van der Waals surface area contributed by atoms with Gasteiger partial charge in [0.15, 0.2) is 11.9 Å². The molecule has 0 N–H and O–H groups in total. The summed E-state index contributed by atoms with van der Waals surface area (Å²) in [6, 6.07) is 9.28. The molecule has 2 aromatic heterocycles. The molecule has 25 heavy (non-hydrogen) atoms. The third-order valence-corrected chi connectivity index (χ3v) is 5.55. The smallest absolute Gasteiger partial charge is 0.277 e. The van der Waals surface area contributed by atoms with E-state index in [1.807, 2.05) is 6.07 Å². The van der Waals surface area contributed by atoms with Gasteiger partial charge < -0.3 is 9.15 Å². The number of hydrogen-bond donors (Lipinski definition) is 0. The molecule has 0 fully saturated rings. The molecule has 0 aliphatic carbocycles. The molecule has 1 aromatic carbocycles. The van der Waals surface area contributed by atoms with Gasteiger partial charge in [-0.05, 0) is 59.3 Å². The lowest BCUT2D eigenvalue weighted by molar-refractivity contribution is 0.102. The molecule has 130 valence electrons. The van der Waals surface area contributed by atoms with Gasteiger partial charge in [0.05, 0.1) is 14.4 Å². The maximum Gasteiger partial charge on any atom is 0.277 e. The van der Waals surface area contributed by atoms with E-state index in [-0.39, 0.29) is 23.2 Å². The Kier molecular flexibility index (Phi) is 5.87. The summed E-state index contributed by atoms with van der Waals surface area (Å²) < 4.78 is 24.9. The lowest BCUT2D eigenvalue weighted by Gasteiger charge is -2.10. The highest BCUT2D eigenvalue weighted by molar-refractivity contribution is 9.11. The zero-order valence-electron chi connectivity index (χ0n) is 12.9. The van der Waals surface area contributed by atoms with Crippen LogP contribution in [0.25, 0.3) is 0 Å². The van der Waals surface area contributed by atoms with Crippen LogP contribution in [0.15, 0.2) is 49.8 Å². The minimum atomic E-state index is -0.490. The molecule has 0 aliphatic rings. The van der Waals surface area contributed by atoms with Gasteiger partial charge in [-0.1, -0.05) is 11.8 Å². The van der Waals surface area contributed by atoms with Crippen molar-refractivity contribution in [2.45, 2.75) is 18.3 Å². The largest absolute Gasteiger partial charge is 0.481 e. The van der Waals surface area contributed by atoms with Crippen molar-refractivity contribution >= 4 is 44.8 Å². The van der Waals surface area contributed by atoms with E-state index in [1.165, 1.54) is 47.4 Å². The first kappa shape index (κ1) is 18.1. The topological polar surface area (TPSA) is 65.2 Å². The van der Waals surface area contributed by atoms with Crippen LogP contribution < -0.4 is 4.74 Å². The summed E-state index contributed by atoms with van der Waals surface area (Å²) in [7, 11) is 0. The van der Waals surface area contributed by atoms with Gasteiger partial charge in [-0.2, -0.15) is 0 Å². The Balaban J connectivity index is 1.56. The van der Waals surface area contributed by atoms with Crippen molar-refractivity contribution in [2.24, 2.45) is 0 Å². The molecule has 3 rings (SSSR count). The normalized spacial score (nSPS) is 12.1. The number of thioether (sulfide) groups is 1. The number of aromatic nitrogens is 2. The maximum absolute atomic E-state index is 12.9. The van der Waals surface area contributed by atoms with Gasteiger partial charge in [0.25, 0.3) is 11.1 Å². The van der Waals surface area contributed by atoms with E-state index in [4.69, 9.17) is 9.15 Å². The van der Waals surface area contributed by atoms with Gasteiger partial charge >= 0.3 is 0 Å². The average molecular weight is 443 g/mol. The average Bonchev–Trinajstić information content (AvgIpc) is 3.24. The second kappa shape index (κ2) is 8.11. The zero-order chi connectivity index (χ0) is 17.8. The van der Waals surface area contributed by atoms with Crippen LogP contribution >= 0.6 is 39.0 Å². The van der Waals surface area contributed by atoms with Gasteiger partial charge in [-0.15, -0.1) is 21.5 Å². The number of rotatable bonds is 7. The Morgan fingerprint density at radius 1 is 1.32 bits per heavy atom. The predicted octanol–water partition coefficient (Wildman–Crippen LogP) is 5.15. The van der Waals surface area contributed by atoms with Crippen molar-refractivity contribution in [1.82, 2.24) is 10.2 Å². The van der Waals surface area contributed by atoms with Crippen molar-refractivity contribution in [3.63, 3.8) is 0 Å². The number of carbonyl (C=O) groups excluding carboxylic acids is 1. The Hall–Kier alpha value is -1.71. The molecule has 1 atom stereocenters. The molecule has 0 amide bonds. The molecule has 2 heterocycles. The van der Waals surface area contributed by atoms with Gasteiger partial charge in [-0.25, -0.2) is 4.39 Å². The van der Waals surface area contributed by atoms with E-state index in [0.717, 1.165) is 3.79 Å². The minimum Gasteiger partial charge on any atom is -0.481 e. The van der Waals surface area contributed by atoms with Crippen molar-refractivity contribution < 1.29 is 18.3 Å². The number of Topliss-reactive ketones (excluding diaryl/α,β-unsaturated/α-hetero) is 1. The van der Waals surface area contributed by atoms with Gasteiger partial charge in [0, 0.05) is 0 Å². The zero-order valence-corrected chi connectivity index (χ0v) is 16.2. The van der Waals surface area contributed by atoms with E-state index in [1.54, 1.807) is 13.0 Å². The Morgan fingerprint density at radius 3 is 2.76 bits per heavy atom. The van der Waals surface area contributed by atoms with Gasteiger partial charge in [-0.3, -0.25) is 4.79 Å². The summed E-state index contributed by atoms with van der Waals surface area (Å²) in [5.74, 6) is 0.662. The van der Waals surface area contributed by atoms with Crippen LogP contribution in [0.3, 0.4) is 0 Å². The molecule has 9 heteroatoms. The summed E-state index contributed by atoms with van der Waals surface area (Å²) >= 11 is 5.89. The van der Waals surface area contributed by atoms with E-state index in [9.17, 15) is 9.18 Å². The van der Waals surface area contributed by atoms with Crippen LogP contribution in [0, 0.1) is 5.82 Å². The lowest BCUT2D eigenvalue weighted by Crippen LogP contribution is -2.03.